The summed E-state index contributed by atoms with van der Waals surface area (Å²) < 4.78 is 0. The molecule has 0 saturated heterocycles. The summed E-state index contributed by atoms with van der Waals surface area (Å²) in [5.74, 6) is -0.227. The lowest BCUT2D eigenvalue weighted by molar-refractivity contribution is -0.521. The van der Waals surface area contributed by atoms with Gasteiger partial charge >= 0.3 is 5.97 Å². The third kappa shape index (κ3) is 4.94. The summed E-state index contributed by atoms with van der Waals surface area (Å²) in [4.78, 5) is 21.1. The van der Waals surface area contributed by atoms with Crippen LogP contribution in [-0.2, 0) is 19.6 Å². The van der Waals surface area contributed by atoms with Crippen molar-refractivity contribution in [2.75, 3.05) is 0 Å². The highest BCUT2D eigenvalue weighted by molar-refractivity contribution is 5.71. The number of rotatable bonds is 7. The van der Waals surface area contributed by atoms with Crippen LogP contribution in [-0.4, -0.2) is 11.6 Å². The molecule has 0 saturated carbocycles. The Morgan fingerprint density at radius 3 is 2.06 bits per heavy atom. The number of carbonyl (C=O) groups excluding carboxylic acids is 1. The zero-order valence-corrected chi connectivity index (χ0v) is 11.2. The highest BCUT2D eigenvalue weighted by atomic mass is 17.5. The van der Waals surface area contributed by atoms with Crippen LogP contribution in [0.15, 0.2) is 0 Å². The van der Waals surface area contributed by atoms with E-state index in [0.717, 1.165) is 12.8 Å². The third-order valence-corrected chi connectivity index (χ3v) is 3.07. The monoisotopic (exact) mass is 232 g/mol. The van der Waals surface area contributed by atoms with Crippen molar-refractivity contribution in [2.24, 2.45) is 11.8 Å². The van der Waals surface area contributed by atoms with Crippen molar-refractivity contribution >= 4 is 5.97 Å². The standard InChI is InChI=1S/C12H24O4/c1-7-10(8-2)11(13)14-16-15-12(5,6)9(3)4/h9-10H,7-8H2,1-6H3. The summed E-state index contributed by atoms with van der Waals surface area (Å²) in [6.45, 7) is 11.6. The molecule has 0 aliphatic heterocycles. The van der Waals surface area contributed by atoms with E-state index in [2.05, 4.69) is 9.93 Å². The van der Waals surface area contributed by atoms with Crippen LogP contribution in [0.4, 0.5) is 0 Å². The lowest BCUT2D eigenvalue weighted by Gasteiger charge is -2.26. The molecule has 0 amide bonds. The fourth-order valence-corrected chi connectivity index (χ4v) is 0.924. The van der Waals surface area contributed by atoms with Crippen LogP contribution in [0, 0.1) is 11.8 Å². The molecule has 0 rings (SSSR count). The molecule has 4 heteroatoms. The van der Waals surface area contributed by atoms with E-state index in [4.69, 9.17) is 4.89 Å². The zero-order valence-electron chi connectivity index (χ0n) is 11.2. The predicted octanol–water partition coefficient (Wildman–Crippen LogP) is 3.26. The molecule has 4 nitrogen and oxygen atoms in total. The maximum atomic E-state index is 11.4. The van der Waals surface area contributed by atoms with E-state index in [9.17, 15) is 4.79 Å². The number of hydrogen-bond acceptors (Lipinski definition) is 4. The van der Waals surface area contributed by atoms with Gasteiger partial charge in [-0.25, -0.2) is 4.79 Å². The van der Waals surface area contributed by atoms with Crippen LogP contribution in [0.25, 0.3) is 0 Å². The normalized spacial score (nSPS) is 12.2. The molecule has 16 heavy (non-hydrogen) atoms. The number of hydrogen-bond donors (Lipinski definition) is 0. The fraction of sp³-hybridized carbons (Fsp3) is 0.917. The average molecular weight is 232 g/mol. The molecule has 0 aromatic carbocycles. The Labute approximate surface area is 98.1 Å². The second-order valence-electron chi connectivity index (χ2n) is 4.83. The Morgan fingerprint density at radius 1 is 1.19 bits per heavy atom. The topological polar surface area (TPSA) is 44.8 Å². The minimum absolute atomic E-state index is 0.120. The molecular formula is C12H24O4. The van der Waals surface area contributed by atoms with Gasteiger partial charge in [-0.2, -0.15) is 4.89 Å². The fourth-order valence-electron chi connectivity index (χ4n) is 0.924. The molecule has 0 aromatic rings. The predicted molar refractivity (Wildman–Crippen MR) is 61.3 cm³/mol. The van der Waals surface area contributed by atoms with Gasteiger partial charge in [-0.1, -0.05) is 27.7 Å². The molecule has 0 unspecified atom stereocenters. The molecular weight excluding hydrogens is 208 g/mol. The van der Waals surface area contributed by atoms with Crippen molar-refractivity contribution in [2.45, 2.75) is 60.0 Å². The average Bonchev–Trinajstić information content (AvgIpc) is 2.19. The van der Waals surface area contributed by atoms with Crippen molar-refractivity contribution in [3.05, 3.63) is 0 Å². The van der Waals surface area contributed by atoms with E-state index in [1.165, 1.54) is 0 Å². The molecule has 0 bridgehead atoms. The molecule has 0 spiro atoms. The van der Waals surface area contributed by atoms with Gasteiger partial charge in [0.25, 0.3) is 0 Å². The van der Waals surface area contributed by atoms with Crippen molar-refractivity contribution in [1.82, 2.24) is 0 Å². The SMILES string of the molecule is CCC(CC)C(=O)OOOC(C)(C)C(C)C. The maximum Gasteiger partial charge on any atom is 0.348 e. The Kier molecular flexibility index (Phi) is 6.60. The molecule has 0 aliphatic carbocycles. The molecule has 0 atom stereocenters. The Bertz CT molecular complexity index is 207. The van der Waals surface area contributed by atoms with Gasteiger partial charge in [0.1, 0.15) is 5.60 Å². The molecule has 0 N–H and O–H groups in total. The Hall–Kier alpha value is -0.610. The second-order valence-corrected chi connectivity index (χ2v) is 4.83. The summed E-state index contributed by atoms with van der Waals surface area (Å²) in [5, 5.41) is 4.56. The molecule has 0 aliphatic rings. The van der Waals surface area contributed by atoms with Gasteiger partial charge < -0.3 is 0 Å². The van der Waals surface area contributed by atoms with Crippen molar-refractivity contribution in [3.63, 3.8) is 0 Å². The third-order valence-electron chi connectivity index (χ3n) is 3.07. The van der Waals surface area contributed by atoms with E-state index in [0.29, 0.717) is 0 Å². The molecule has 0 fully saturated rings. The van der Waals surface area contributed by atoms with Gasteiger partial charge in [-0.05, 0) is 37.6 Å². The molecule has 0 heterocycles. The minimum Gasteiger partial charge on any atom is -0.269 e. The summed E-state index contributed by atoms with van der Waals surface area (Å²) >= 11 is 0. The van der Waals surface area contributed by atoms with Gasteiger partial charge in [-0.3, -0.25) is 4.89 Å². The first kappa shape index (κ1) is 15.4. The van der Waals surface area contributed by atoms with E-state index < -0.39 is 5.60 Å². The van der Waals surface area contributed by atoms with Gasteiger partial charge in [0.2, 0.25) is 0 Å². The van der Waals surface area contributed by atoms with Crippen molar-refractivity contribution in [1.29, 1.82) is 0 Å². The summed E-state index contributed by atoms with van der Waals surface area (Å²) in [5.41, 5.74) is -0.478. The summed E-state index contributed by atoms with van der Waals surface area (Å²) in [6.07, 6.45) is 1.48. The maximum absolute atomic E-state index is 11.4. The first-order chi connectivity index (χ1) is 7.35. The summed E-state index contributed by atoms with van der Waals surface area (Å²) in [6, 6.07) is 0. The lowest BCUT2D eigenvalue weighted by Crippen LogP contribution is -2.32. The van der Waals surface area contributed by atoms with Crippen LogP contribution in [0.2, 0.25) is 0 Å². The lowest BCUT2D eigenvalue weighted by atomic mass is 9.95. The van der Waals surface area contributed by atoms with Gasteiger partial charge in [-0.15, -0.1) is 0 Å². The van der Waals surface area contributed by atoms with Crippen molar-refractivity contribution < 1.29 is 19.6 Å². The van der Waals surface area contributed by atoms with Crippen LogP contribution in [0.3, 0.4) is 0 Å². The van der Waals surface area contributed by atoms with Crippen LogP contribution in [0.1, 0.15) is 54.4 Å². The highest BCUT2D eigenvalue weighted by Gasteiger charge is 2.26. The quantitative estimate of drug-likeness (QED) is 0.499. The Balaban J connectivity index is 3.94. The molecule has 0 aromatic heterocycles. The van der Waals surface area contributed by atoms with E-state index in [1.54, 1.807) is 0 Å². The van der Waals surface area contributed by atoms with E-state index >= 15 is 0 Å². The van der Waals surface area contributed by atoms with Gasteiger partial charge in [0, 0.05) is 0 Å². The second kappa shape index (κ2) is 6.86. The van der Waals surface area contributed by atoms with Crippen LogP contribution >= 0.6 is 0 Å². The van der Waals surface area contributed by atoms with Gasteiger partial charge in [0.15, 0.2) is 0 Å². The van der Waals surface area contributed by atoms with Crippen molar-refractivity contribution in [3.8, 4) is 0 Å². The van der Waals surface area contributed by atoms with E-state index in [-0.39, 0.29) is 17.8 Å². The highest BCUT2D eigenvalue weighted by Crippen LogP contribution is 2.21. The molecule has 0 radical (unpaired) electrons. The van der Waals surface area contributed by atoms with Gasteiger partial charge in [0.05, 0.1) is 5.92 Å². The molecule has 96 valence electrons. The minimum atomic E-state index is -0.478. The zero-order chi connectivity index (χ0) is 12.8. The summed E-state index contributed by atoms with van der Waals surface area (Å²) in [7, 11) is 0. The van der Waals surface area contributed by atoms with E-state index in [1.807, 2.05) is 41.5 Å². The largest absolute Gasteiger partial charge is 0.348 e. The Morgan fingerprint density at radius 2 is 1.69 bits per heavy atom. The van der Waals surface area contributed by atoms with Crippen LogP contribution in [0.5, 0.6) is 0 Å². The first-order valence-corrected chi connectivity index (χ1v) is 5.91. The first-order valence-electron chi connectivity index (χ1n) is 5.91. The smallest absolute Gasteiger partial charge is 0.269 e. The number of carbonyl (C=O) groups is 1. The van der Waals surface area contributed by atoms with Crippen LogP contribution < -0.4 is 0 Å².